The van der Waals surface area contributed by atoms with Crippen LogP contribution in [0.3, 0.4) is 0 Å². The van der Waals surface area contributed by atoms with Gasteiger partial charge in [-0.1, -0.05) is 12.1 Å². The van der Waals surface area contributed by atoms with Crippen molar-refractivity contribution in [3.05, 3.63) is 35.6 Å². The van der Waals surface area contributed by atoms with E-state index < -0.39 is 0 Å². The maximum Gasteiger partial charge on any atom is 0.123 e. The molecular weight excluding hydrogens is 203 g/mol. The second kappa shape index (κ2) is 5.41. The van der Waals surface area contributed by atoms with Crippen molar-refractivity contribution < 1.29 is 4.39 Å². The Hall–Kier alpha value is -0.930. The quantitative estimate of drug-likeness (QED) is 0.816. The molecule has 16 heavy (non-hydrogen) atoms. The van der Waals surface area contributed by atoms with Crippen LogP contribution in [0.5, 0.6) is 0 Å². The third kappa shape index (κ3) is 3.03. The van der Waals surface area contributed by atoms with Gasteiger partial charge >= 0.3 is 0 Å². The molecule has 0 aromatic heterocycles. The first kappa shape index (κ1) is 11.6. The third-order valence-electron chi connectivity index (χ3n) is 3.20. The van der Waals surface area contributed by atoms with Gasteiger partial charge in [-0.25, -0.2) is 4.39 Å². The van der Waals surface area contributed by atoms with Crippen molar-refractivity contribution in [1.82, 2.24) is 10.6 Å². The van der Waals surface area contributed by atoms with E-state index in [4.69, 9.17) is 0 Å². The topological polar surface area (TPSA) is 24.1 Å². The summed E-state index contributed by atoms with van der Waals surface area (Å²) in [5.41, 5.74) is 1.14. The molecule has 1 aromatic rings. The van der Waals surface area contributed by atoms with E-state index >= 15 is 0 Å². The van der Waals surface area contributed by atoms with Gasteiger partial charge in [0.2, 0.25) is 0 Å². The molecule has 0 radical (unpaired) electrons. The van der Waals surface area contributed by atoms with E-state index in [-0.39, 0.29) is 11.9 Å². The number of halogens is 1. The first-order chi connectivity index (χ1) is 7.75. The Bertz CT molecular complexity index is 317. The highest BCUT2D eigenvalue weighted by Gasteiger charge is 2.14. The van der Waals surface area contributed by atoms with Gasteiger partial charge in [-0.3, -0.25) is 0 Å². The van der Waals surface area contributed by atoms with Crippen molar-refractivity contribution in [3.8, 4) is 0 Å². The Morgan fingerprint density at radius 3 is 2.81 bits per heavy atom. The Kier molecular flexibility index (Phi) is 3.91. The fourth-order valence-corrected chi connectivity index (χ4v) is 2.12. The zero-order valence-electron chi connectivity index (χ0n) is 9.67. The minimum Gasteiger partial charge on any atom is -0.313 e. The Morgan fingerprint density at radius 2 is 2.19 bits per heavy atom. The molecule has 1 aliphatic heterocycles. The molecule has 0 spiro atoms. The summed E-state index contributed by atoms with van der Waals surface area (Å²) in [6.45, 7) is 4.23. The van der Waals surface area contributed by atoms with Gasteiger partial charge in [0.1, 0.15) is 5.82 Å². The lowest BCUT2D eigenvalue weighted by atomic mass is 10.1. The van der Waals surface area contributed by atoms with Crippen LogP contribution in [0.1, 0.15) is 31.4 Å². The molecule has 2 N–H and O–H groups in total. The first-order valence-electron chi connectivity index (χ1n) is 5.98. The van der Waals surface area contributed by atoms with Crippen LogP contribution >= 0.6 is 0 Å². The zero-order chi connectivity index (χ0) is 11.4. The molecule has 0 saturated carbocycles. The van der Waals surface area contributed by atoms with E-state index in [1.807, 2.05) is 12.1 Å². The van der Waals surface area contributed by atoms with Gasteiger partial charge in [-0.2, -0.15) is 0 Å². The summed E-state index contributed by atoms with van der Waals surface area (Å²) < 4.78 is 12.8. The molecule has 0 aliphatic carbocycles. The van der Waals surface area contributed by atoms with E-state index in [1.165, 1.54) is 25.0 Å². The highest BCUT2D eigenvalue weighted by Crippen LogP contribution is 2.13. The van der Waals surface area contributed by atoms with Crippen LogP contribution in [0.2, 0.25) is 0 Å². The summed E-state index contributed by atoms with van der Waals surface area (Å²) in [5, 5.41) is 6.93. The van der Waals surface area contributed by atoms with Crippen molar-refractivity contribution in [2.24, 2.45) is 0 Å². The molecule has 1 saturated heterocycles. The highest BCUT2D eigenvalue weighted by molar-refractivity contribution is 5.19. The second-order valence-corrected chi connectivity index (χ2v) is 4.47. The van der Waals surface area contributed by atoms with Crippen LogP contribution in [0.15, 0.2) is 24.3 Å². The molecule has 1 heterocycles. The van der Waals surface area contributed by atoms with Gasteiger partial charge in [0.15, 0.2) is 0 Å². The van der Waals surface area contributed by atoms with Crippen LogP contribution in [-0.2, 0) is 0 Å². The average Bonchev–Trinajstić information content (AvgIpc) is 2.80. The fourth-order valence-electron chi connectivity index (χ4n) is 2.12. The first-order valence-corrected chi connectivity index (χ1v) is 5.98. The number of nitrogens with one attached hydrogen (secondary N) is 2. The summed E-state index contributed by atoms with van der Waals surface area (Å²) in [5.74, 6) is -0.173. The lowest BCUT2D eigenvalue weighted by molar-refractivity contribution is 0.489. The van der Waals surface area contributed by atoms with Crippen molar-refractivity contribution in [1.29, 1.82) is 0 Å². The van der Waals surface area contributed by atoms with Gasteiger partial charge in [-0.15, -0.1) is 0 Å². The Morgan fingerprint density at radius 1 is 1.44 bits per heavy atom. The maximum absolute atomic E-state index is 12.8. The van der Waals surface area contributed by atoms with Crippen LogP contribution in [0.4, 0.5) is 4.39 Å². The molecule has 1 aliphatic rings. The minimum absolute atomic E-state index is 0.173. The molecule has 1 fully saturated rings. The molecule has 3 heteroatoms. The SMILES string of the molecule is C[C@H](NCC1CCCN1)c1ccc(F)cc1. The minimum atomic E-state index is -0.173. The normalized spacial score (nSPS) is 22.2. The monoisotopic (exact) mass is 222 g/mol. The third-order valence-corrected chi connectivity index (χ3v) is 3.20. The van der Waals surface area contributed by atoms with Crippen LogP contribution in [-0.4, -0.2) is 19.1 Å². The summed E-state index contributed by atoms with van der Waals surface area (Å²) >= 11 is 0. The molecule has 1 aromatic carbocycles. The average molecular weight is 222 g/mol. The Balaban J connectivity index is 1.82. The molecular formula is C13H19FN2. The van der Waals surface area contributed by atoms with Gasteiger partial charge in [0.25, 0.3) is 0 Å². The molecule has 2 nitrogen and oxygen atoms in total. The van der Waals surface area contributed by atoms with E-state index in [0.717, 1.165) is 18.7 Å². The summed E-state index contributed by atoms with van der Waals surface area (Å²) in [6.07, 6.45) is 2.53. The van der Waals surface area contributed by atoms with Gasteiger partial charge in [0.05, 0.1) is 0 Å². The van der Waals surface area contributed by atoms with E-state index in [9.17, 15) is 4.39 Å². The number of benzene rings is 1. The molecule has 88 valence electrons. The predicted octanol–water partition coefficient (Wildman–Crippen LogP) is 2.23. The molecule has 2 atom stereocenters. The fraction of sp³-hybridized carbons (Fsp3) is 0.538. The van der Waals surface area contributed by atoms with Gasteiger partial charge in [0, 0.05) is 18.6 Å². The van der Waals surface area contributed by atoms with E-state index in [0.29, 0.717) is 6.04 Å². The van der Waals surface area contributed by atoms with Crippen molar-refractivity contribution in [2.75, 3.05) is 13.1 Å². The van der Waals surface area contributed by atoms with Crippen molar-refractivity contribution in [2.45, 2.75) is 31.8 Å². The van der Waals surface area contributed by atoms with Crippen LogP contribution in [0.25, 0.3) is 0 Å². The van der Waals surface area contributed by atoms with Gasteiger partial charge in [-0.05, 0) is 44.0 Å². The standard InChI is InChI=1S/C13H19FN2/c1-10(11-4-6-12(14)7-5-11)16-9-13-3-2-8-15-13/h4-7,10,13,15-16H,2-3,8-9H2,1H3/t10-,13?/m0/s1. The predicted molar refractivity (Wildman–Crippen MR) is 63.8 cm³/mol. The van der Waals surface area contributed by atoms with Crippen LogP contribution in [0, 0.1) is 5.82 Å². The van der Waals surface area contributed by atoms with Crippen molar-refractivity contribution in [3.63, 3.8) is 0 Å². The van der Waals surface area contributed by atoms with Crippen molar-refractivity contribution >= 4 is 0 Å². The zero-order valence-corrected chi connectivity index (χ0v) is 9.67. The number of hydrogen-bond acceptors (Lipinski definition) is 2. The van der Waals surface area contributed by atoms with Gasteiger partial charge < -0.3 is 10.6 Å². The number of rotatable bonds is 4. The lowest BCUT2D eigenvalue weighted by Crippen LogP contribution is -2.35. The molecule has 2 rings (SSSR count). The summed E-state index contributed by atoms with van der Waals surface area (Å²) in [4.78, 5) is 0. The molecule has 0 bridgehead atoms. The number of hydrogen-bond donors (Lipinski definition) is 2. The smallest absolute Gasteiger partial charge is 0.123 e. The van der Waals surface area contributed by atoms with Crippen LogP contribution < -0.4 is 10.6 Å². The maximum atomic E-state index is 12.8. The summed E-state index contributed by atoms with van der Waals surface area (Å²) in [6, 6.07) is 7.60. The highest BCUT2D eigenvalue weighted by atomic mass is 19.1. The van der Waals surface area contributed by atoms with E-state index in [2.05, 4.69) is 17.6 Å². The summed E-state index contributed by atoms with van der Waals surface area (Å²) in [7, 11) is 0. The van der Waals surface area contributed by atoms with E-state index in [1.54, 1.807) is 0 Å². The molecule has 1 unspecified atom stereocenters. The second-order valence-electron chi connectivity index (χ2n) is 4.47. The Labute approximate surface area is 96.2 Å². The largest absolute Gasteiger partial charge is 0.313 e. The molecule has 0 amide bonds. The lowest BCUT2D eigenvalue weighted by Gasteiger charge is -2.17.